The number of nitrogens with one attached hydrogen (secondary N) is 2. The molecule has 1 heterocycles. The minimum atomic E-state index is -0.398. The number of carbonyl (C=O) groups excluding carboxylic acids is 2. The van der Waals surface area contributed by atoms with Gasteiger partial charge in [0.25, 0.3) is 0 Å². The second kappa shape index (κ2) is 10.1. The third-order valence-electron chi connectivity index (χ3n) is 4.74. The van der Waals surface area contributed by atoms with Crippen molar-refractivity contribution in [3.63, 3.8) is 0 Å². The molecule has 3 rings (SSSR count). The van der Waals surface area contributed by atoms with E-state index < -0.39 is 5.82 Å². The molecule has 2 amide bonds. The molecule has 1 fully saturated rings. The number of halogens is 2. The maximum absolute atomic E-state index is 13.6. The zero-order valence-electron chi connectivity index (χ0n) is 16.0. The molecule has 0 saturated carbocycles. The van der Waals surface area contributed by atoms with Crippen molar-refractivity contribution in [1.29, 1.82) is 0 Å². The smallest absolute Gasteiger partial charge is 0.238 e. The fourth-order valence-corrected chi connectivity index (χ4v) is 3.17. The second-order valence-electron chi connectivity index (χ2n) is 6.98. The van der Waals surface area contributed by atoms with E-state index in [0.717, 1.165) is 0 Å². The molecule has 0 bridgehead atoms. The first-order valence-corrected chi connectivity index (χ1v) is 9.50. The van der Waals surface area contributed by atoms with Gasteiger partial charge in [-0.3, -0.25) is 19.4 Å². The van der Waals surface area contributed by atoms with E-state index in [2.05, 4.69) is 10.6 Å². The molecule has 2 aromatic carbocycles. The van der Waals surface area contributed by atoms with Gasteiger partial charge in [-0.05, 0) is 24.3 Å². The molecule has 0 radical (unpaired) electrons. The lowest BCUT2D eigenvalue weighted by Crippen LogP contribution is -2.50. The molecule has 0 unspecified atom stereocenters. The Morgan fingerprint density at radius 1 is 0.862 bits per heavy atom. The Morgan fingerprint density at radius 2 is 1.52 bits per heavy atom. The number of rotatable bonds is 7. The standard InChI is InChI=1S/C21H24F2N4O2/c22-17-5-3-6-18(12-17)25-21(29)15-27-10-8-26(9-11-27)14-20(28)24-13-16-4-1-2-7-19(16)23/h1-7,12H,8-11,13-15H2,(H,24,28)(H,25,29). The highest BCUT2D eigenvalue weighted by atomic mass is 19.1. The fourth-order valence-electron chi connectivity index (χ4n) is 3.17. The number of nitrogens with zero attached hydrogens (tertiary/aromatic N) is 2. The van der Waals surface area contributed by atoms with Gasteiger partial charge in [0.05, 0.1) is 13.1 Å². The highest BCUT2D eigenvalue weighted by Crippen LogP contribution is 2.10. The van der Waals surface area contributed by atoms with Gasteiger partial charge in [0.2, 0.25) is 11.8 Å². The Hall–Kier alpha value is -2.84. The summed E-state index contributed by atoms with van der Waals surface area (Å²) in [6.45, 7) is 3.21. The van der Waals surface area contributed by atoms with E-state index in [1.54, 1.807) is 30.3 Å². The number of piperazine rings is 1. The first-order chi connectivity index (χ1) is 14.0. The summed E-state index contributed by atoms with van der Waals surface area (Å²) in [7, 11) is 0. The third kappa shape index (κ3) is 6.62. The molecule has 2 N–H and O–H groups in total. The van der Waals surface area contributed by atoms with Crippen LogP contribution in [0.1, 0.15) is 5.56 Å². The minimum Gasteiger partial charge on any atom is -0.351 e. The van der Waals surface area contributed by atoms with Gasteiger partial charge in [-0.2, -0.15) is 0 Å². The van der Waals surface area contributed by atoms with Crippen molar-refractivity contribution in [3.05, 3.63) is 65.7 Å². The average molecular weight is 402 g/mol. The van der Waals surface area contributed by atoms with Crippen molar-refractivity contribution in [2.45, 2.75) is 6.54 Å². The van der Waals surface area contributed by atoms with Gasteiger partial charge in [0, 0.05) is 44.0 Å². The van der Waals surface area contributed by atoms with Crippen molar-refractivity contribution < 1.29 is 18.4 Å². The van der Waals surface area contributed by atoms with Crippen molar-refractivity contribution in [2.75, 3.05) is 44.6 Å². The third-order valence-corrected chi connectivity index (χ3v) is 4.74. The van der Waals surface area contributed by atoms with E-state index in [1.807, 2.05) is 9.80 Å². The van der Waals surface area contributed by atoms with Crippen LogP contribution in [-0.4, -0.2) is 60.9 Å². The van der Waals surface area contributed by atoms with E-state index >= 15 is 0 Å². The Bertz CT molecular complexity index is 854. The molecule has 0 atom stereocenters. The van der Waals surface area contributed by atoms with E-state index in [0.29, 0.717) is 37.4 Å². The van der Waals surface area contributed by atoms with E-state index in [-0.39, 0.29) is 37.3 Å². The van der Waals surface area contributed by atoms with Crippen LogP contribution < -0.4 is 10.6 Å². The molecule has 2 aromatic rings. The monoisotopic (exact) mass is 402 g/mol. The lowest BCUT2D eigenvalue weighted by Gasteiger charge is -2.33. The van der Waals surface area contributed by atoms with Crippen molar-refractivity contribution in [3.8, 4) is 0 Å². The minimum absolute atomic E-state index is 0.158. The topological polar surface area (TPSA) is 64.7 Å². The SMILES string of the molecule is O=C(CN1CCN(CC(=O)Nc2cccc(F)c2)CC1)NCc1ccccc1F. The van der Waals surface area contributed by atoms with Gasteiger partial charge in [-0.25, -0.2) is 8.78 Å². The number of carbonyl (C=O) groups is 2. The maximum Gasteiger partial charge on any atom is 0.238 e. The summed E-state index contributed by atoms with van der Waals surface area (Å²) in [4.78, 5) is 28.2. The Balaban J connectivity index is 1.36. The van der Waals surface area contributed by atoms with Crippen LogP contribution in [0.25, 0.3) is 0 Å². The average Bonchev–Trinajstić information content (AvgIpc) is 2.69. The van der Waals surface area contributed by atoms with Gasteiger partial charge in [-0.15, -0.1) is 0 Å². The molecule has 0 aromatic heterocycles. The van der Waals surface area contributed by atoms with Crippen molar-refractivity contribution >= 4 is 17.5 Å². The number of anilines is 1. The zero-order valence-corrected chi connectivity index (χ0v) is 16.0. The fraction of sp³-hybridized carbons (Fsp3) is 0.333. The summed E-state index contributed by atoms with van der Waals surface area (Å²) >= 11 is 0. The van der Waals surface area contributed by atoms with E-state index in [9.17, 15) is 18.4 Å². The molecule has 0 aliphatic carbocycles. The normalized spacial score (nSPS) is 15.1. The van der Waals surface area contributed by atoms with Crippen LogP contribution in [0.2, 0.25) is 0 Å². The van der Waals surface area contributed by atoms with Gasteiger partial charge in [0.1, 0.15) is 11.6 Å². The Morgan fingerprint density at radius 3 is 2.17 bits per heavy atom. The first-order valence-electron chi connectivity index (χ1n) is 9.50. The predicted molar refractivity (Wildman–Crippen MR) is 106 cm³/mol. The lowest BCUT2D eigenvalue weighted by molar-refractivity contribution is -0.123. The molecular weight excluding hydrogens is 378 g/mol. The molecule has 0 spiro atoms. The van der Waals surface area contributed by atoms with E-state index in [4.69, 9.17) is 0 Å². The molecule has 1 saturated heterocycles. The quantitative estimate of drug-likeness (QED) is 0.742. The molecular formula is C21H24F2N4O2. The van der Waals surface area contributed by atoms with Crippen LogP contribution in [0.4, 0.5) is 14.5 Å². The van der Waals surface area contributed by atoms with Crippen molar-refractivity contribution in [2.24, 2.45) is 0 Å². The second-order valence-corrected chi connectivity index (χ2v) is 6.98. The number of amides is 2. The summed E-state index contributed by atoms with van der Waals surface area (Å²) < 4.78 is 26.8. The van der Waals surface area contributed by atoms with Crippen LogP contribution in [0.5, 0.6) is 0 Å². The van der Waals surface area contributed by atoms with Crippen LogP contribution >= 0.6 is 0 Å². The largest absolute Gasteiger partial charge is 0.351 e. The Kier molecular flexibility index (Phi) is 7.26. The maximum atomic E-state index is 13.6. The highest BCUT2D eigenvalue weighted by Gasteiger charge is 2.20. The van der Waals surface area contributed by atoms with Gasteiger partial charge >= 0.3 is 0 Å². The lowest BCUT2D eigenvalue weighted by atomic mass is 10.2. The summed E-state index contributed by atoms with van der Waals surface area (Å²) in [5, 5.41) is 5.41. The van der Waals surface area contributed by atoms with Gasteiger partial charge < -0.3 is 10.6 Å². The summed E-state index contributed by atoms with van der Waals surface area (Å²) in [5.41, 5.74) is 0.884. The highest BCUT2D eigenvalue weighted by molar-refractivity contribution is 5.92. The zero-order chi connectivity index (χ0) is 20.6. The van der Waals surface area contributed by atoms with E-state index in [1.165, 1.54) is 18.2 Å². The summed E-state index contributed by atoms with van der Waals surface area (Å²) in [6.07, 6.45) is 0. The summed E-state index contributed by atoms with van der Waals surface area (Å²) in [5.74, 6) is -1.10. The van der Waals surface area contributed by atoms with Crippen LogP contribution in [0, 0.1) is 11.6 Å². The number of hydrogen-bond donors (Lipinski definition) is 2. The van der Waals surface area contributed by atoms with Crippen molar-refractivity contribution in [1.82, 2.24) is 15.1 Å². The van der Waals surface area contributed by atoms with Crippen LogP contribution in [0.3, 0.4) is 0 Å². The first kappa shape index (κ1) is 20.9. The molecule has 29 heavy (non-hydrogen) atoms. The Labute approximate surface area is 168 Å². The molecule has 8 heteroatoms. The summed E-state index contributed by atoms with van der Waals surface area (Å²) in [6, 6.07) is 12.1. The van der Waals surface area contributed by atoms with Gasteiger partial charge in [-0.1, -0.05) is 24.3 Å². The molecule has 154 valence electrons. The van der Waals surface area contributed by atoms with Gasteiger partial charge in [0.15, 0.2) is 0 Å². The van der Waals surface area contributed by atoms with Crippen LogP contribution in [-0.2, 0) is 16.1 Å². The molecule has 1 aliphatic rings. The number of benzene rings is 2. The number of hydrogen-bond acceptors (Lipinski definition) is 4. The predicted octanol–water partition coefficient (Wildman–Crippen LogP) is 1.84. The molecule has 1 aliphatic heterocycles. The molecule has 6 nitrogen and oxygen atoms in total. The van der Waals surface area contributed by atoms with Crippen LogP contribution in [0.15, 0.2) is 48.5 Å².